The summed E-state index contributed by atoms with van der Waals surface area (Å²) in [5.41, 5.74) is -0.258. The van der Waals surface area contributed by atoms with Crippen molar-refractivity contribution in [2.24, 2.45) is 0 Å². The van der Waals surface area contributed by atoms with E-state index in [0.29, 0.717) is 6.42 Å². The SMILES string of the molecule is CCN(CCCO)S(=O)(=O)c1ccc(Cl)c(C(=O)O)c1. The van der Waals surface area contributed by atoms with E-state index in [-0.39, 0.29) is 35.2 Å². The van der Waals surface area contributed by atoms with E-state index in [1.165, 1.54) is 16.4 Å². The Morgan fingerprint density at radius 1 is 1.40 bits per heavy atom. The second-order valence-corrected chi connectivity index (χ2v) is 6.37. The number of halogens is 1. The predicted octanol–water partition coefficient (Wildman–Crippen LogP) is 1.43. The molecule has 112 valence electrons. The van der Waals surface area contributed by atoms with Crippen molar-refractivity contribution in [1.29, 1.82) is 0 Å². The van der Waals surface area contributed by atoms with Gasteiger partial charge in [-0.1, -0.05) is 18.5 Å². The first kappa shape index (κ1) is 16.9. The molecule has 0 spiro atoms. The van der Waals surface area contributed by atoms with E-state index in [1.807, 2.05) is 0 Å². The molecule has 0 saturated carbocycles. The number of nitrogens with zero attached hydrogens (tertiary/aromatic N) is 1. The van der Waals surface area contributed by atoms with Crippen molar-refractivity contribution in [1.82, 2.24) is 4.31 Å². The van der Waals surface area contributed by atoms with E-state index in [1.54, 1.807) is 6.92 Å². The van der Waals surface area contributed by atoms with Crippen LogP contribution < -0.4 is 0 Å². The summed E-state index contributed by atoms with van der Waals surface area (Å²) in [6.07, 6.45) is 0.312. The molecule has 0 aromatic heterocycles. The lowest BCUT2D eigenvalue weighted by atomic mass is 10.2. The fourth-order valence-electron chi connectivity index (χ4n) is 1.67. The Labute approximate surface area is 122 Å². The number of benzene rings is 1. The number of aliphatic hydroxyl groups is 1. The third kappa shape index (κ3) is 3.69. The maximum absolute atomic E-state index is 12.4. The van der Waals surface area contributed by atoms with Crippen LogP contribution in [0.1, 0.15) is 23.7 Å². The van der Waals surface area contributed by atoms with Gasteiger partial charge in [0.1, 0.15) is 0 Å². The molecule has 0 radical (unpaired) electrons. The molecule has 0 amide bonds. The minimum absolute atomic E-state index is 0.0187. The van der Waals surface area contributed by atoms with Crippen LogP contribution in [0.5, 0.6) is 0 Å². The third-order valence-corrected chi connectivity index (χ3v) is 5.02. The highest BCUT2D eigenvalue weighted by Gasteiger charge is 2.24. The molecule has 8 heteroatoms. The van der Waals surface area contributed by atoms with Gasteiger partial charge in [-0.2, -0.15) is 4.31 Å². The molecule has 0 fully saturated rings. The second kappa shape index (κ2) is 7.03. The Kier molecular flexibility index (Phi) is 5.94. The summed E-state index contributed by atoms with van der Waals surface area (Å²) in [7, 11) is -3.80. The maximum atomic E-state index is 12.4. The summed E-state index contributed by atoms with van der Waals surface area (Å²) in [5.74, 6) is -1.29. The van der Waals surface area contributed by atoms with Crippen molar-refractivity contribution in [3.8, 4) is 0 Å². The maximum Gasteiger partial charge on any atom is 0.337 e. The number of carboxylic acids is 1. The lowest BCUT2D eigenvalue weighted by molar-refractivity contribution is 0.0697. The molecule has 0 heterocycles. The van der Waals surface area contributed by atoms with Crippen molar-refractivity contribution < 1.29 is 23.4 Å². The van der Waals surface area contributed by atoms with Gasteiger partial charge in [0.2, 0.25) is 10.0 Å². The summed E-state index contributed by atoms with van der Waals surface area (Å²) < 4.78 is 25.9. The van der Waals surface area contributed by atoms with Crippen LogP contribution in [0.2, 0.25) is 5.02 Å². The fourth-order valence-corrected chi connectivity index (χ4v) is 3.39. The zero-order valence-corrected chi connectivity index (χ0v) is 12.5. The molecule has 0 aliphatic heterocycles. The molecule has 2 N–H and O–H groups in total. The van der Waals surface area contributed by atoms with E-state index < -0.39 is 16.0 Å². The predicted molar refractivity (Wildman–Crippen MR) is 74.5 cm³/mol. The molecule has 1 aromatic rings. The number of hydrogen-bond acceptors (Lipinski definition) is 4. The highest BCUT2D eigenvalue weighted by Crippen LogP contribution is 2.23. The van der Waals surface area contributed by atoms with Crippen LogP contribution in [0.15, 0.2) is 23.1 Å². The minimum atomic E-state index is -3.80. The molecule has 1 rings (SSSR count). The molecule has 0 aliphatic rings. The number of aliphatic hydroxyl groups excluding tert-OH is 1. The van der Waals surface area contributed by atoms with E-state index >= 15 is 0 Å². The van der Waals surface area contributed by atoms with E-state index in [2.05, 4.69) is 0 Å². The lowest BCUT2D eigenvalue weighted by Crippen LogP contribution is -2.32. The Morgan fingerprint density at radius 3 is 2.55 bits per heavy atom. The zero-order chi connectivity index (χ0) is 15.3. The van der Waals surface area contributed by atoms with Gasteiger partial charge in [-0.25, -0.2) is 13.2 Å². The van der Waals surface area contributed by atoms with Crippen LogP contribution in [0.3, 0.4) is 0 Å². The van der Waals surface area contributed by atoms with Gasteiger partial charge in [-0.15, -0.1) is 0 Å². The van der Waals surface area contributed by atoms with Crippen LogP contribution in [0, 0.1) is 0 Å². The van der Waals surface area contributed by atoms with Gasteiger partial charge in [-0.05, 0) is 24.6 Å². The average Bonchev–Trinajstić information content (AvgIpc) is 2.39. The summed E-state index contributed by atoms with van der Waals surface area (Å²) in [6.45, 7) is 1.95. The van der Waals surface area contributed by atoms with Gasteiger partial charge in [0.25, 0.3) is 0 Å². The van der Waals surface area contributed by atoms with Crippen LogP contribution in [0.25, 0.3) is 0 Å². The van der Waals surface area contributed by atoms with Crippen molar-refractivity contribution in [3.63, 3.8) is 0 Å². The summed E-state index contributed by atoms with van der Waals surface area (Å²) >= 11 is 5.72. The van der Waals surface area contributed by atoms with Crippen molar-refractivity contribution in [2.75, 3.05) is 19.7 Å². The molecule has 1 aromatic carbocycles. The fraction of sp³-hybridized carbons (Fsp3) is 0.417. The first-order chi connectivity index (χ1) is 9.34. The monoisotopic (exact) mass is 321 g/mol. The molecule has 0 aliphatic carbocycles. The molecule has 0 atom stereocenters. The number of sulfonamides is 1. The minimum Gasteiger partial charge on any atom is -0.478 e. The highest BCUT2D eigenvalue weighted by molar-refractivity contribution is 7.89. The smallest absolute Gasteiger partial charge is 0.337 e. The Morgan fingerprint density at radius 2 is 2.05 bits per heavy atom. The van der Waals surface area contributed by atoms with Crippen LogP contribution in [-0.4, -0.2) is 48.6 Å². The normalized spacial score (nSPS) is 11.8. The summed E-state index contributed by atoms with van der Waals surface area (Å²) in [5, 5.41) is 17.7. The second-order valence-electron chi connectivity index (χ2n) is 4.02. The Hall–Kier alpha value is -1.15. The van der Waals surface area contributed by atoms with E-state index in [4.69, 9.17) is 21.8 Å². The molecular formula is C12H16ClNO5S. The van der Waals surface area contributed by atoms with Gasteiger partial charge in [0.15, 0.2) is 0 Å². The topological polar surface area (TPSA) is 94.9 Å². The molecule has 20 heavy (non-hydrogen) atoms. The molecule has 0 unspecified atom stereocenters. The van der Waals surface area contributed by atoms with E-state index in [0.717, 1.165) is 6.07 Å². The molecule has 6 nitrogen and oxygen atoms in total. The first-order valence-electron chi connectivity index (χ1n) is 5.98. The van der Waals surface area contributed by atoms with Crippen molar-refractivity contribution >= 4 is 27.6 Å². The highest BCUT2D eigenvalue weighted by atomic mass is 35.5. The Balaban J connectivity index is 3.20. The van der Waals surface area contributed by atoms with Gasteiger partial charge < -0.3 is 10.2 Å². The summed E-state index contributed by atoms with van der Waals surface area (Å²) in [6, 6.07) is 3.56. The number of carboxylic acid groups (broad SMARTS) is 1. The summed E-state index contributed by atoms with van der Waals surface area (Å²) in [4.78, 5) is 10.9. The van der Waals surface area contributed by atoms with Gasteiger partial charge in [0, 0.05) is 19.7 Å². The third-order valence-electron chi connectivity index (χ3n) is 2.72. The Bertz CT molecular complexity index is 588. The molecule has 0 saturated heterocycles. The van der Waals surface area contributed by atoms with Crippen molar-refractivity contribution in [3.05, 3.63) is 28.8 Å². The number of rotatable bonds is 7. The number of carbonyl (C=O) groups is 1. The van der Waals surface area contributed by atoms with Gasteiger partial charge in [0.05, 0.1) is 15.5 Å². The van der Waals surface area contributed by atoms with Crippen LogP contribution in [0.4, 0.5) is 0 Å². The largest absolute Gasteiger partial charge is 0.478 e. The van der Waals surface area contributed by atoms with Crippen molar-refractivity contribution in [2.45, 2.75) is 18.2 Å². The lowest BCUT2D eigenvalue weighted by Gasteiger charge is -2.20. The molecular weight excluding hydrogens is 306 g/mol. The van der Waals surface area contributed by atoms with Gasteiger partial charge >= 0.3 is 5.97 Å². The number of hydrogen-bond donors (Lipinski definition) is 2. The molecule has 0 bridgehead atoms. The average molecular weight is 322 g/mol. The zero-order valence-electron chi connectivity index (χ0n) is 10.9. The quantitative estimate of drug-likeness (QED) is 0.792. The van der Waals surface area contributed by atoms with Gasteiger partial charge in [-0.3, -0.25) is 0 Å². The standard InChI is InChI=1S/C12H16ClNO5S/c1-2-14(6-3-7-15)20(18,19)9-4-5-11(13)10(8-9)12(16)17/h4-5,8,15H,2-3,6-7H2,1H3,(H,16,17). The number of aromatic carboxylic acids is 1. The first-order valence-corrected chi connectivity index (χ1v) is 7.80. The van der Waals surface area contributed by atoms with Crippen LogP contribution >= 0.6 is 11.6 Å². The van der Waals surface area contributed by atoms with Crippen LogP contribution in [-0.2, 0) is 10.0 Å². The van der Waals surface area contributed by atoms with E-state index in [9.17, 15) is 13.2 Å².